The van der Waals surface area contributed by atoms with Gasteiger partial charge >= 0.3 is 0 Å². The van der Waals surface area contributed by atoms with Gasteiger partial charge in [-0.2, -0.15) is 0 Å². The van der Waals surface area contributed by atoms with Crippen molar-refractivity contribution in [2.45, 2.75) is 0 Å². The SMILES string of the molecule is NC(=O)c1cccc(-c2c[nH]c(=O)c3c2ccc2ccc(Cl)cc23)c1. The van der Waals surface area contributed by atoms with Gasteiger partial charge in [0.25, 0.3) is 5.56 Å². The Bertz CT molecular complexity index is 1210. The molecule has 3 aromatic carbocycles. The highest BCUT2D eigenvalue weighted by molar-refractivity contribution is 6.32. The lowest BCUT2D eigenvalue weighted by Crippen LogP contribution is -2.11. The minimum atomic E-state index is -0.493. The van der Waals surface area contributed by atoms with Crippen LogP contribution < -0.4 is 11.3 Å². The van der Waals surface area contributed by atoms with Gasteiger partial charge in [-0.15, -0.1) is 0 Å². The fourth-order valence-electron chi connectivity index (χ4n) is 3.13. The maximum Gasteiger partial charge on any atom is 0.256 e. The van der Waals surface area contributed by atoms with Crippen molar-refractivity contribution >= 4 is 39.1 Å². The molecule has 0 aliphatic rings. The first-order chi connectivity index (χ1) is 12.0. The minimum absolute atomic E-state index is 0.183. The second-order valence-electron chi connectivity index (χ2n) is 5.83. The largest absolute Gasteiger partial charge is 0.366 e. The number of nitrogens with two attached hydrogens (primary N) is 1. The van der Waals surface area contributed by atoms with Crippen LogP contribution in [0.15, 0.2) is 65.6 Å². The molecule has 4 rings (SSSR count). The monoisotopic (exact) mass is 348 g/mol. The van der Waals surface area contributed by atoms with E-state index in [1.807, 2.05) is 24.3 Å². The van der Waals surface area contributed by atoms with E-state index >= 15 is 0 Å². The predicted octanol–water partition coefficient (Wildman–Crippen LogP) is 4.10. The topological polar surface area (TPSA) is 76.0 Å². The first kappa shape index (κ1) is 15.4. The summed E-state index contributed by atoms with van der Waals surface area (Å²) in [6.07, 6.45) is 1.65. The van der Waals surface area contributed by atoms with Crippen molar-refractivity contribution in [3.63, 3.8) is 0 Å². The van der Waals surface area contributed by atoms with Crippen molar-refractivity contribution in [2.24, 2.45) is 5.73 Å². The lowest BCUT2D eigenvalue weighted by atomic mass is 9.96. The first-order valence-corrected chi connectivity index (χ1v) is 8.06. The summed E-state index contributed by atoms with van der Waals surface area (Å²) in [4.78, 5) is 26.7. The molecule has 4 nitrogen and oxygen atoms in total. The third-order valence-corrected chi connectivity index (χ3v) is 4.54. The zero-order valence-electron chi connectivity index (χ0n) is 13.0. The molecule has 1 amide bonds. The van der Waals surface area contributed by atoms with Gasteiger partial charge in [-0.1, -0.05) is 41.9 Å². The van der Waals surface area contributed by atoms with Gasteiger partial charge in [-0.05, 0) is 46.0 Å². The van der Waals surface area contributed by atoms with E-state index in [-0.39, 0.29) is 5.56 Å². The van der Waals surface area contributed by atoms with Gasteiger partial charge in [-0.3, -0.25) is 9.59 Å². The zero-order valence-corrected chi connectivity index (χ0v) is 13.8. The van der Waals surface area contributed by atoms with Gasteiger partial charge in [0.05, 0.1) is 5.39 Å². The Labute approximate surface area is 147 Å². The van der Waals surface area contributed by atoms with Crippen LogP contribution >= 0.6 is 11.6 Å². The van der Waals surface area contributed by atoms with Gasteiger partial charge < -0.3 is 10.7 Å². The van der Waals surface area contributed by atoms with Crippen LogP contribution in [0.4, 0.5) is 0 Å². The number of aromatic nitrogens is 1. The highest BCUT2D eigenvalue weighted by atomic mass is 35.5. The number of halogens is 1. The van der Waals surface area contributed by atoms with Gasteiger partial charge in [0.2, 0.25) is 5.91 Å². The smallest absolute Gasteiger partial charge is 0.256 e. The fourth-order valence-corrected chi connectivity index (χ4v) is 3.30. The minimum Gasteiger partial charge on any atom is -0.366 e. The van der Waals surface area contributed by atoms with Crippen LogP contribution in [0.1, 0.15) is 10.4 Å². The number of H-pyrrole nitrogens is 1. The van der Waals surface area contributed by atoms with Crippen LogP contribution in [0.2, 0.25) is 5.02 Å². The maximum atomic E-state index is 12.5. The van der Waals surface area contributed by atoms with E-state index in [9.17, 15) is 9.59 Å². The fraction of sp³-hybridized carbons (Fsp3) is 0. The summed E-state index contributed by atoms with van der Waals surface area (Å²) >= 11 is 6.12. The summed E-state index contributed by atoms with van der Waals surface area (Å²) < 4.78 is 0. The van der Waals surface area contributed by atoms with Gasteiger partial charge in [0.1, 0.15) is 0 Å². The van der Waals surface area contributed by atoms with E-state index < -0.39 is 5.91 Å². The number of primary amides is 1. The van der Waals surface area contributed by atoms with Crippen LogP contribution in [-0.4, -0.2) is 10.9 Å². The molecule has 0 saturated heterocycles. The molecule has 0 spiro atoms. The Kier molecular flexibility index (Phi) is 3.55. The molecule has 0 atom stereocenters. The van der Waals surface area contributed by atoms with Crippen molar-refractivity contribution in [3.8, 4) is 11.1 Å². The summed E-state index contributed by atoms with van der Waals surface area (Å²) in [6, 6.07) is 16.4. The Hall–Kier alpha value is -3.11. The molecule has 122 valence electrons. The maximum absolute atomic E-state index is 12.5. The van der Waals surface area contributed by atoms with Crippen LogP contribution in [0.25, 0.3) is 32.7 Å². The number of rotatable bonds is 2. The van der Waals surface area contributed by atoms with E-state index in [4.69, 9.17) is 17.3 Å². The van der Waals surface area contributed by atoms with Crippen molar-refractivity contribution in [1.82, 2.24) is 4.98 Å². The summed E-state index contributed by atoms with van der Waals surface area (Å²) in [7, 11) is 0. The molecule has 0 bridgehead atoms. The number of benzene rings is 3. The Morgan fingerprint density at radius 1 is 1.00 bits per heavy atom. The molecule has 3 N–H and O–H groups in total. The number of nitrogens with one attached hydrogen (secondary N) is 1. The second-order valence-corrected chi connectivity index (χ2v) is 6.27. The predicted molar refractivity (Wildman–Crippen MR) is 101 cm³/mol. The van der Waals surface area contributed by atoms with Crippen molar-refractivity contribution in [1.29, 1.82) is 0 Å². The molecule has 0 unspecified atom stereocenters. The van der Waals surface area contributed by atoms with Crippen LogP contribution in [0, 0.1) is 0 Å². The second kappa shape index (κ2) is 5.76. The molecular weight excluding hydrogens is 336 g/mol. The van der Waals surface area contributed by atoms with Crippen molar-refractivity contribution in [2.75, 3.05) is 0 Å². The molecule has 4 aromatic rings. The zero-order chi connectivity index (χ0) is 17.6. The normalized spacial score (nSPS) is 11.1. The molecular formula is C20H13ClN2O2. The number of hydrogen-bond acceptors (Lipinski definition) is 2. The quantitative estimate of drug-likeness (QED) is 0.535. The number of amides is 1. The number of hydrogen-bond donors (Lipinski definition) is 2. The van der Waals surface area contributed by atoms with Crippen LogP contribution in [-0.2, 0) is 0 Å². The van der Waals surface area contributed by atoms with Crippen molar-refractivity contribution < 1.29 is 4.79 Å². The average molecular weight is 349 g/mol. The molecule has 5 heteroatoms. The van der Waals surface area contributed by atoms with Gasteiger partial charge in [0, 0.05) is 22.3 Å². The third-order valence-electron chi connectivity index (χ3n) is 4.31. The lowest BCUT2D eigenvalue weighted by Gasteiger charge is -2.10. The number of carbonyl (C=O) groups excluding carboxylic acids is 1. The summed E-state index contributed by atoms with van der Waals surface area (Å²) in [5.74, 6) is -0.493. The number of carbonyl (C=O) groups is 1. The molecule has 0 aliphatic heterocycles. The van der Waals surface area contributed by atoms with Crippen molar-refractivity contribution in [3.05, 3.63) is 81.7 Å². The molecule has 25 heavy (non-hydrogen) atoms. The summed E-state index contributed by atoms with van der Waals surface area (Å²) in [5.41, 5.74) is 7.24. The van der Waals surface area contributed by atoms with Crippen LogP contribution in [0.5, 0.6) is 0 Å². The highest BCUT2D eigenvalue weighted by Crippen LogP contribution is 2.32. The van der Waals surface area contributed by atoms with Gasteiger partial charge in [0.15, 0.2) is 0 Å². The van der Waals surface area contributed by atoms with E-state index in [0.29, 0.717) is 16.0 Å². The van der Waals surface area contributed by atoms with E-state index in [2.05, 4.69) is 4.98 Å². The number of fused-ring (bicyclic) bond motifs is 3. The molecule has 0 fully saturated rings. The Balaban J connectivity index is 2.10. The average Bonchev–Trinajstić information content (AvgIpc) is 2.61. The van der Waals surface area contributed by atoms with E-state index in [1.54, 1.807) is 36.5 Å². The summed E-state index contributed by atoms with van der Waals surface area (Å²) in [5, 5.41) is 3.66. The number of pyridine rings is 1. The Morgan fingerprint density at radius 3 is 2.60 bits per heavy atom. The lowest BCUT2D eigenvalue weighted by molar-refractivity contribution is 0.100. The molecule has 0 aliphatic carbocycles. The van der Waals surface area contributed by atoms with Gasteiger partial charge in [-0.25, -0.2) is 0 Å². The standard InChI is InChI=1S/C20H13ClN2O2/c21-14-6-4-11-5-7-15-17(10-23-20(25)18(15)16(11)9-14)12-2-1-3-13(8-12)19(22)24/h1-10H,(H2,22,24)(H,23,25). The summed E-state index contributed by atoms with van der Waals surface area (Å²) in [6.45, 7) is 0. The number of aromatic amines is 1. The third kappa shape index (κ3) is 2.57. The molecule has 1 heterocycles. The Morgan fingerprint density at radius 2 is 1.80 bits per heavy atom. The van der Waals surface area contributed by atoms with E-state index in [0.717, 1.165) is 27.3 Å². The highest BCUT2D eigenvalue weighted by Gasteiger charge is 2.12. The van der Waals surface area contributed by atoms with Crippen LogP contribution in [0.3, 0.4) is 0 Å². The molecule has 1 aromatic heterocycles. The molecule has 0 saturated carbocycles. The molecule has 0 radical (unpaired) electrons. The van der Waals surface area contributed by atoms with E-state index in [1.165, 1.54) is 0 Å². The first-order valence-electron chi connectivity index (χ1n) is 7.68.